The maximum absolute atomic E-state index is 13.9. The summed E-state index contributed by atoms with van der Waals surface area (Å²) in [6.45, 7) is 6.62. The summed E-state index contributed by atoms with van der Waals surface area (Å²) >= 11 is 0. The van der Waals surface area contributed by atoms with Crippen LogP contribution in [-0.4, -0.2) is 76.8 Å². The molecule has 164 valence electrons. The Labute approximate surface area is 183 Å². The van der Waals surface area contributed by atoms with Crippen molar-refractivity contribution in [2.45, 2.75) is 57.3 Å². The van der Waals surface area contributed by atoms with Crippen LogP contribution >= 0.6 is 0 Å². The minimum atomic E-state index is -0.129. The number of benzene rings is 1. The quantitative estimate of drug-likeness (QED) is 0.829. The van der Waals surface area contributed by atoms with Gasteiger partial charge in [0.2, 0.25) is 5.91 Å². The first-order chi connectivity index (χ1) is 15.0. The van der Waals surface area contributed by atoms with E-state index in [1.54, 1.807) is 0 Å². The number of carbonyl (C=O) groups excluding carboxylic acids is 1. The van der Waals surface area contributed by atoms with E-state index >= 15 is 0 Å². The van der Waals surface area contributed by atoms with Crippen LogP contribution < -0.4 is 0 Å². The van der Waals surface area contributed by atoms with Gasteiger partial charge >= 0.3 is 0 Å². The highest BCUT2D eigenvalue weighted by Crippen LogP contribution is 2.41. The van der Waals surface area contributed by atoms with Crippen molar-refractivity contribution in [3.8, 4) is 0 Å². The molecule has 1 N–H and O–H groups in total. The Morgan fingerprint density at radius 3 is 2.84 bits per heavy atom. The minimum absolute atomic E-state index is 0.129. The normalized spacial score (nSPS) is 30.5. The number of amides is 1. The van der Waals surface area contributed by atoms with Crippen LogP contribution in [0.1, 0.15) is 37.8 Å². The van der Waals surface area contributed by atoms with E-state index in [1.165, 1.54) is 27.6 Å². The zero-order valence-electron chi connectivity index (χ0n) is 18.7. The highest BCUT2D eigenvalue weighted by molar-refractivity contribution is 5.99. The van der Waals surface area contributed by atoms with Crippen LogP contribution in [0, 0.1) is 5.92 Å². The van der Waals surface area contributed by atoms with E-state index < -0.39 is 0 Å². The number of hydrogen-bond donors (Lipinski definition) is 1. The summed E-state index contributed by atoms with van der Waals surface area (Å²) in [5.41, 5.74) is 5.18. The molecule has 6 nitrogen and oxygen atoms in total. The first-order valence-electron chi connectivity index (χ1n) is 11.7. The van der Waals surface area contributed by atoms with E-state index in [9.17, 15) is 4.79 Å². The van der Waals surface area contributed by atoms with E-state index in [1.807, 2.05) is 0 Å². The molecule has 2 aromatic rings. The van der Waals surface area contributed by atoms with Gasteiger partial charge in [-0.25, -0.2) is 5.01 Å². The molecule has 5 aliphatic rings. The molecule has 0 spiro atoms. The highest BCUT2D eigenvalue weighted by atomic mass is 16.5. The number of ether oxygens (including phenoxy) is 1. The molecule has 1 aromatic carbocycles. The molecule has 5 heterocycles. The fraction of sp³-hybridized carbons (Fsp3) is 0.560. The number of aromatic amines is 1. The van der Waals surface area contributed by atoms with Crippen LogP contribution in [-0.2, 0) is 16.0 Å². The van der Waals surface area contributed by atoms with Gasteiger partial charge in [0, 0.05) is 42.3 Å². The van der Waals surface area contributed by atoms with Crippen LogP contribution in [0.4, 0.5) is 0 Å². The predicted molar refractivity (Wildman–Crippen MR) is 121 cm³/mol. The highest BCUT2D eigenvalue weighted by Gasteiger charge is 2.43. The van der Waals surface area contributed by atoms with Gasteiger partial charge in [-0.3, -0.25) is 14.7 Å². The fourth-order valence-corrected chi connectivity index (χ4v) is 6.25. The van der Waals surface area contributed by atoms with Crippen LogP contribution in [0.3, 0.4) is 0 Å². The summed E-state index contributed by atoms with van der Waals surface area (Å²) in [5.74, 6) is 0.100. The monoisotopic (exact) mass is 420 g/mol. The number of hydrogen-bond acceptors (Lipinski definition) is 4. The number of nitrogens with one attached hydrogen (secondary N) is 1. The molecule has 1 aliphatic carbocycles. The number of fused-ring (bicyclic) bond motifs is 5. The lowest BCUT2D eigenvalue weighted by molar-refractivity contribution is -0.205. The topological polar surface area (TPSA) is 51.8 Å². The minimum Gasteiger partial charge on any atom is -0.375 e. The summed E-state index contributed by atoms with van der Waals surface area (Å²) in [4.78, 5) is 19.8. The van der Waals surface area contributed by atoms with Gasteiger partial charge in [-0.15, -0.1) is 0 Å². The molecule has 3 fully saturated rings. The molecule has 31 heavy (non-hydrogen) atoms. The summed E-state index contributed by atoms with van der Waals surface area (Å²) in [5, 5.41) is 5.71. The second kappa shape index (κ2) is 7.19. The second-order valence-corrected chi connectivity index (χ2v) is 10.0. The lowest BCUT2D eigenvalue weighted by Crippen LogP contribution is -2.65. The molecular formula is C25H32N4O2. The van der Waals surface area contributed by atoms with Crippen molar-refractivity contribution in [1.82, 2.24) is 19.9 Å². The number of piperidine rings is 1. The average molecular weight is 421 g/mol. The number of nitrogens with zero attached hydrogens (tertiary/aromatic N) is 3. The number of likely N-dealkylation sites (N-methyl/N-ethyl adjacent to an activating group) is 1. The van der Waals surface area contributed by atoms with Gasteiger partial charge in [-0.05, 0) is 62.9 Å². The zero-order valence-corrected chi connectivity index (χ0v) is 18.7. The van der Waals surface area contributed by atoms with E-state index in [0.717, 1.165) is 39.0 Å². The number of hydrazine groups is 1. The first-order valence-corrected chi connectivity index (χ1v) is 11.7. The Morgan fingerprint density at radius 2 is 2.13 bits per heavy atom. The Balaban J connectivity index is 1.37. The second-order valence-electron chi connectivity index (χ2n) is 10.0. The third-order valence-electron chi connectivity index (χ3n) is 7.74. The van der Waals surface area contributed by atoms with Crippen molar-refractivity contribution in [1.29, 1.82) is 0 Å². The van der Waals surface area contributed by atoms with Gasteiger partial charge < -0.3 is 9.72 Å². The van der Waals surface area contributed by atoms with Crippen molar-refractivity contribution in [3.63, 3.8) is 0 Å². The maximum atomic E-state index is 13.9. The lowest BCUT2D eigenvalue weighted by atomic mass is 9.79. The van der Waals surface area contributed by atoms with E-state index in [-0.39, 0.29) is 24.0 Å². The van der Waals surface area contributed by atoms with Crippen molar-refractivity contribution in [2.24, 2.45) is 5.92 Å². The fourth-order valence-electron chi connectivity index (χ4n) is 6.25. The van der Waals surface area contributed by atoms with Crippen molar-refractivity contribution in [3.05, 3.63) is 41.6 Å². The molecule has 1 amide bonds. The van der Waals surface area contributed by atoms with Gasteiger partial charge in [0.1, 0.15) is 0 Å². The first kappa shape index (κ1) is 19.5. The molecule has 0 radical (unpaired) electrons. The number of H-pyrrole nitrogens is 1. The van der Waals surface area contributed by atoms with Crippen molar-refractivity contribution in [2.75, 3.05) is 26.7 Å². The number of aromatic nitrogens is 1. The van der Waals surface area contributed by atoms with Crippen molar-refractivity contribution < 1.29 is 9.53 Å². The van der Waals surface area contributed by atoms with Gasteiger partial charge in [0.25, 0.3) is 0 Å². The summed E-state index contributed by atoms with van der Waals surface area (Å²) < 4.78 is 5.91. The third-order valence-corrected chi connectivity index (χ3v) is 7.74. The lowest BCUT2D eigenvalue weighted by Gasteiger charge is -2.51. The molecule has 1 aromatic heterocycles. The van der Waals surface area contributed by atoms with E-state index in [4.69, 9.17) is 4.74 Å². The molecule has 4 atom stereocenters. The predicted octanol–water partition coefficient (Wildman–Crippen LogP) is 3.05. The molecule has 3 saturated heterocycles. The summed E-state index contributed by atoms with van der Waals surface area (Å²) in [6, 6.07) is 7.29. The van der Waals surface area contributed by atoms with Crippen molar-refractivity contribution >= 4 is 22.4 Å². The van der Waals surface area contributed by atoms with Crippen LogP contribution in [0.15, 0.2) is 30.5 Å². The van der Waals surface area contributed by atoms with E-state index in [2.05, 4.69) is 71.3 Å². The number of morpholine rings is 1. The smallest absolute Gasteiger partial charge is 0.245 e. The third kappa shape index (κ3) is 2.99. The Bertz CT molecular complexity index is 1050. The molecule has 4 aliphatic heterocycles. The average Bonchev–Trinajstić information content (AvgIpc) is 3.19. The van der Waals surface area contributed by atoms with Crippen LogP contribution in [0.25, 0.3) is 16.5 Å². The maximum Gasteiger partial charge on any atom is 0.245 e. The Hall–Kier alpha value is -2.15. The molecule has 7 rings (SSSR count). The van der Waals surface area contributed by atoms with Crippen LogP contribution in [0.2, 0.25) is 0 Å². The van der Waals surface area contributed by atoms with Gasteiger partial charge in [-0.2, -0.15) is 0 Å². The molecule has 2 bridgehead atoms. The molecule has 0 saturated carbocycles. The Morgan fingerprint density at radius 1 is 1.26 bits per heavy atom. The van der Waals surface area contributed by atoms with Gasteiger partial charge in [-0.1, -0.05) is 18.2 Å². The largest absolute Gasteiger partial charge is 0.375 e. The molecule has 6 heteroatoms. The standard InChI is InChI=1S/C25H32N4O2/c1-15(2)29(28-13-19-8-7-18(28)14-31-19)25(30)17-9-21-20-5-4-6-22-24(20)16(11-26-22)10-23(21)27(3)12-17/h4-6,9,11,15,17-19,23,26H,7-8,10,12-14H2,1-3H3/t17-,18+,19+,23-/m1/s1. The van der Waals surface area contributed by atoms with Gasteiger partial charge in [0.15, 0.2) is 0 Å². The molecule has 0 unspecified atom stereocenters. The SMILES string of the molecule is CC(C)N(C(=O)[C@@H]1C=C2c3cccc4[nH]cc(c34)C[C@H]2N(C)C1)N1C[C@@H]2CC[C@H]1CO2. The zero-order chi connectivity index (χ0) is 21.3. The van der Waals surface area contributed by atoms with Crippen LogP contribution in [0.5, 0.6) is 0 Å². The summed E-state index contributed by atoms with van der Waals surface area (Å²) in [6.07, 6.45) is 7.94. The van der Waals surface area contributed by atoms with E-state index in [0.29, 0.717) is 12.1 Å². The molecular weight excluding hydrogens is 388 g/mol. The summed E-state index contributed by atoms with van der Waals surface area (Å²) in [7, 11) is 2.17. The number of carbonyl (C=O) groups is 1. The van der Waals surface area contributed by atoms with Gasteiger partial charge in [0.05, 0.1) is 24.7 Å². The Kier molecular flexibility index (Phi) is 4.53. The number of rotatable bonds is 3.